The van der Waals surface area contributed by atoms with Gasteiger partial charge >= 0.3 is 5.97 Å². The molecule has 3 heteroatoms. The third kappa shape index (κ3) is 3.21. The van der Waals surface area contributed by atoms with Gasteiger partial charge in [0, 0.05) is 6.54 Å². The van der Waals surface area contributed by atoms with Crippen LogP contribution in [0, 0.1) is 5.41 Å². The van der Waals surface area contributed by atoms with E-state index in [4.69, 9.17) is 0 Å². The van der Waals surface area contributed by atoms with Gasteiger partial charge in [-0.2, -0.15) is 0 Å². The molecular formula is C17H25NO2. The van der Waals surface area contributed by atoms with E-state index in [2.05, 4.69) is 25.7 Å². The molecule has 1 aromatic rings. The van der Waals surface area contributed by atoms with Crippen LogP contribution in [-0.4, -0.2) is 35.6 Å². The molecule has 20 heavy (non-hydrogen) atoms. The molecule has 0 bridgehead atoms. The van der Waals surface area contributed by atoms with Gasteiger partial charge in [0.15, 0.2) is 0 Å². The maximum Gasteiger partial charge on any atom is 0.314 e. The van der Waals surface area contributed by atoms with Crippen molar-refractivity contribution in [1.82, 2.24) is 4.90 Å². The number of hydrogen-bond donors (Lipinski definition) is 1. The van der Waals surface area contributed by atoms with Crippen LogP contribution in [0.15, 0.2) is 30.3 Å². The summed E-state index contributed by atoms with van der Waals surface area (Å²) in [6.07, 6.45) is 1.39. The molecule has 0 aliphatic carbocycles. The molecule has 2 rings (SSSR count). The number of hydrogen-bond acceptors (Lipinski definition) is 2. The van der Waals surface area contributed by atoms with Gasteiger partial charge in [0.2, 0.25) is 0 Å². The number of likely N-dealkylation sites (tertiary alicyclic amines) is 1. The van der Waals surface area contributed by atoms with Gasteiger partial charge in [-0.05, 0) is 36.9 Å². The number of carboxylic acids is 1. The number of nitrogens with zero attached hydrogens (tertiary/aromatic N) is 1. The third-order valence-corrected chi connectivity index (χ3v) is 4.14. The van der Waals surface area contributed by atoms with Crippen LogP contribution >= 0.6 is 0 Å². The Labute approximate surface area is 121 Å². The molecule has 1 aliphatic rings. The minimum atomic E-state index is -0.699. The van der Waals surface area contributed by atoms with Crippen LogP contribution in [0.1, 0.15) is 39.2 Å². The summed E-state index contributed by atoms with van der Waals surface area (Å²) in [4.78, 5) is 14.2. The van der Waals surface area contributed by atoms with Gasteiger partial charge in [-0.3, -0.25) is 4.79 Å². The van der Waals surface area contributed by atoms with Gasteiger partial charge in [-0.15, -0.1) is 0 Å². The summed E-state index contributed by atoms with van der Waals surface area (Å²) < 4.78 is 0. The quantitative estimate of drug-likeness (QED) is 0.921. The summed E-state index contributed by atoms with van der Waals surface area (Å²) in [5.74, 6) is -0.681. The molecule has 1 fully saturated rings. The molecule has 1 N–H and O–H groups in total. The molecule has 0 amide bonds. The highest BCUT2D eigenvalue weighted by atomic mass is 16.4. The summed E-state index contributed by atoms with van der Waals surface area (Å²) in [5.41, 5.74) is 0.508. The zero-order valence-electron chi connectivity index (χ0n) is 12.7. The lowest BCUT2D eigenvalue weighted by Gasteiger charge is -2.41. The molecule has 110 valence electrons. The van der Waals surface area contributed by atoms with Crippen molar-refractivity contribution >= 4 is 5.97 Å². The van der Waals surface area contributed by atoms with E-state index in [1.807, 2.05) is 30.3 Å². The number of carboxylic acid groups (broad SMARTS) is 1. The molecule has 1 saturated heterocycles. The summed E-state index contributed by atoms with van der Waals surface area (Å²) in [5, 5.41) is 9.74. The van der Waals surface area contributed by atoms with Crippen LogP contribution < -0.4 is 0 Å². The molecule has 0 saturated carbocycles. The second-order valence-electron chi connectivity index (χ2n) is 7.09. The fourth-order valence-corrected chi connectivity index (χ4v) is 3.15. The molecule has 1 heterocycles. The topological polar surface area (TPSA) is 40.5 Å². The number of carbonyl (C=O) groups is 1. The fourth-order valence-electron chi connectivity index (χ4n) is 3.15. The van der Waals surface area contributed by atoms with Crippen molar-refractivity contribution in [2.45, 2.75) is 39.0 Å². The lowest BCUT2D eigenvalue weighted by atomic mass is 9.72. The largest absolute Gasteiger partial charge is 0.481 e. The van der Waals surface area contributed by atoms with Gasteiger partial charge in [-0.1, -0.05) is 51.1 Å². The van der Waals surface area contributed by atoms with Crippen molar-refractivity contribution in [3.05, 3.63) is 35.9 Å². The Morgan fingerprint density at radius 3 is 2.20 bits per heavy atom. The first-order chi connectivity index (χ1) is 9.33. The first kappa shape index (κ1) is 15.0. The van der Waals surface area contributed by atoms with Crippen LogP contribution in [-0.2, 0) is 10.2 Å². The first-order valence-electron chi connectivity index (χ1n) is 7.35. The van der Waals surface area contributed by atoms with E-state index in [1.165, 1.54) is 0 Å². The first-order valence-corrected chi connectivity index (χ1v) is 7.35. The predicted octanol–water partition coefficient (Wildman–Crippen LogP) is 3.15. The van der Waals surface area contributed by atoms with Crippen molar-refractivity contribution in [1.29, 1.82) is 0 Å². The van der Waals surface area contributed by atoms with Crippen molar-refractivity contribution < 1.29 is 9.90 Å². The minimum Gasteiger partial charge on any atom is -0.481 e. The van der Waals surface area contributed by atoms with Gasteiger partial charge < -0.3 is 10.0 Å². The maximum atomic E-state index is 11.9. The van der Waals surface area contributed by atoms with E-state index in [-0.39, 0.29) is 5.41 Å². The van der Waals surface area contributed by atoms with E-state index in [9.17, 15) is 9.90 Å². The Morgan fingerprint density at radius 2 is 1.75 bits per heavy atom. The SMILES string of the molecule is CC(C)(C)CN1CCC(C(=O)O)(c2ccccc2)CC1. The standard InChI is InChI=1S/C17H25NO2/c1-16(2,3)13-18-11-9-17(10-12-18,15(19)20)14-7-5-4-6-8-14/h4-8H,9-13H2,1-3H3,(H,19,20). The Hall–Kier alpha value is -1.35. The second kappa shape index (κ2) is 5.57. The van der Waals surface area contributed by atoms with Gasteiger partial charge in [-0.25, -0.2) is 0 Å². The number of benzene rings is 1. The predicted molar refractivity (Wildman–Crippen MR) is 80.9 cm³/mol. The smallest absolute Gasteiger partial charge is 0.314 e. The van der Waals surface area contributed by atoms with E-state index in [1.54, 1.807) is 0 Å². The van der Waals surface area contributed by atoms with Crippen molar-refractivity contribution in [2.75, 3.05) is 19.6 Å². The molecule has 0 atom stereocenters. The molecule has 1 aromatic carbocycles. The average molecular weight is 275 g/mol. The third-order valence-electron chi connectivity index (χ3n) is 4.14. The lowest BCUT2D eigenvalue weighted by molar-refractivity contribution is -0.146. The number of aliphatic carboxylic acids is 1. The normalized spacial score (nSPS) is 19.8. The molecule has 0 unspecified atom stereocenters. The number of piperidine rings is 1. The zero-order valence-corrected chi connectivity index (χ0v) is 12.7. The maximum absolute atomic E-state index is 11.9. The molecule has 0 aromatic heterocycles. The zero-order chi connectivity index (χ0) is 14.8. The lowest BCUT2D eigenvalue weighted by Crippen LogP contribution is -2.49. The van der Waals surface area contributed by atoms with Crippen molar-refractivity contribution in [2.24, 2.45) is 5.41 Å². The van der Waals surface area contributed by atoms with Crippen molar-refractivity contribution in [3.8, 4) is 0 Å². The Balaban J connectivity index is 2.14. The Morgan fingerprint density at radius 1 is 1.20 bits per heavy atom. The second-order valence-corrected chi connectivity index (χ2v) is 7.09. The van der Waals surface area contributed by atoms with Gasteiger partial charge in [0.25, 0.3) is 0 Å². The van der Waals surface area contributed by atoms with E-state index in [0.717, 1.165) is 25.2 Å². The summed E-state index contributed by atoms with van der Waals surface area (Å²) in [6, 6.07) is 9.71. The van der Waals surface area contributed by atoms with E-state index >= 15 is 0 Å². The van der Waals surface area contributed by atoms with Crippen LogP contribution in [0.4, 0.5) is 0 Å². The molecule has 0 spiro atoms. The summed E-state index contributed by atoms with van der Waals surface area (Å²) in [7, 11) is 0. The van der Waals surface area contributed by atoms with E-state index < -0.39 is 11.4 Å². The minimum absolute atomic E-state index is 0.260. The summed E-state index contributed by atoms with van der Waals surface area (Å²) in [6.45, 7) is 9.42. The molecule has 0 radical (unpaired) electrons. The van der Waals surface area contributed by atoms with Gasteiger partial charge in [0.05, 0.1) is 5.41 Å². The van der Waals surface area contributed by atoms with Crippen molar-refractivity contribution in [3.63, 3.8) is 0 Å². The van der Waals surface area contributed by atoms with Crippen LogP contribution in [0.25, 0.3) is 0 Å². The fraction of sp³-hybridized carbons (Fsp3) is 0.588. The van der Waals surface area contributed by atoms with E-state index in [0.29, 0.717) is 12.8 Å². The Bertz CT molecular complexity index is 454. The van der Waals surface area contributed by atoms with Crippen LogP contribution in [0.5, 0.6) is 0 Å². The molecule has 3 nitrogen and oxygen atoms in total. The van der Waals surface area contributed by atoms with Gasteiger partial charge in [0.1, 0.15) is 0 Å². The molecule has 1 aliphatic heterocycles. The summed E-state index contributed by atoms with van der Waals surface area (Å²) >= 11 is 0. The Kier molecular flexibility index (Phi) is 4.19. The highest BCUT2D eigenvalue weighted by Crippen LogP contribution is 2.36. The average Bonchev–Trinajstić information content (AvgIpc) is 2.39. The highest BCUT2D eigenvalue weighted by Gasteiger charge is 2.43. The number of rotatable bonds is 3. The van der Waals surface area contributed by atoms with Crippen LogP contribution in [0.3, 0.4) is 0 Å². The monoisotopic (exact) mass is 275 g/mol. The highest BCUT2D eigenvalue weighted by molar-refractivity contribution is 5.81. The van der Waals surface area contributed by atoms with Crippen LogP contribution in [0.2, 0.25) is 0 Å². The molecular weight excluding hydrogens is 250 g/mol.